The number of piperidine rings is 1. The lowest BCUT2D eigenvalue weighted by Gasteiger charge is -2.29. The molecule has 1 aliphatic heterocycles. The zero-order valence-electron chi connectivity index (χ0n) is 11.5. The first-order valence-corrected chi connectivity index (χ1v) is 6.75. The van der Waals surface area contributed by atoms with Gasteiger partial charge in [0, 0.05) is 13.1 Å². The van der Waals surface area contributed by atoms with Crippen molar-refractivity contribution >= 4 is 11.9 Å². The van der Waals surface area contributed by atoms with Gasteiger partial charge in [-0.2, -0.15) is 4.99 Å². The molecule has 1 aromatic heterocycles. The van der Waals surface area contributed by atoms with Crippen LogP contribution in [0.1, 0.15) is 43.7 Å². The maximum Gasteiger partial charge on any atom is 0.317 e. The first-order valence-electron chi connectivity index (χ1n) is 6.75. The van der Waals surface area contributed by atoms with E-state index < -0.39 is 5.91 Å². The predicted octanol–water partition coefficient (Wildman–Crippen LogP) is 2.69. The number of rotatable bonds is 2. The van der Waals surface area contributed by atoms with Crippen LogP contribution in [-0.2, 0) is 4.74 Å². The molecule has 0 spiro atoms. The topological polar surface area (TPSA) is 55.0 Å². The molecule has 0 atom stereocenters. The van der Waals surface area contributed by atoms with E-state index in [1.807, 2.05) is 18.7 Å². The van der Waals surface area contributed by atoms with Crippen molar-refractivity contribution in [3.05, 3.63) is 24.2 Å². The summed E-state index contributed by atoms with van der Waals surface area (Å²) in [6.45, 7) is 5.63. The van der Waals surface area contributed by atoms with Crippen molar-refractivity contribution in [1.82, 2.24) is 4.90 Å². The van der Waals surface area contributed by atoms with Crippen molar-refractivity contribution < 1.29 is 13.9 Å². The summed E-state index contributed by atoms with van der Waals surface area (Å²) in [5, 5.41) is 0. The van der Waals surface area contributed by atoms with Gasteiger partial charge in [-0.25, -0.2) is 0 Å². The molecule has 0 aromatic carbocycles. The Bertz CT molecular complexity index is 432. The highest BCUT2D eigenvalue weighted by molar-refractivity contribution is 5.99. The summed E-state index contributed by atoms with van der Waals surface area (Å²) >= 11 is 0. The molecule has 0 N–H and O–H groups in total. The minimum atomic E-state index is -0.397. The first-order chi connectivity index (χ1) is 9.16. The number of hydrogen-bond acceptors (Lipinski definition) is 3. The smallest absolute Gasteiger partial charge is 0.317 e. The van der Waals surface area contributed by atoms with E-state index in [2.05, 4.69) is 4.99 Å². The molecule has 0 bridgehead atoms. The van der Waals surface area contributed by atoms with E-state index in [1.165, 1.54) is 12.7 Å². The van der Waals surface area contributed by atoms with Crippen LogP contribution in [0.2, 0.25) is 0 Å². The van der Waals surface area contributed by atoms with Crippen molar-refractivity contribution in [2.45, 2.75) is 39.2 Å². The fraction of sp³-hybridized carbons (Fsp3) is 0.571. The van der Waals surface area contributed by atoms with Crippen LogP contribution in [-0.4, -0.2) is 36.0 Å². The molecule has 0 aliphatic carbocycles. The summed E-state index contributed by atoms with van der Waals surface area (Å²) in [5.41, 5.74) is 0. The van der Waals surface area contributed by atoms with E-state index in [0.29, 0.717) is 6.02 Å². The highest BCUT2D eigenvalue weighted by atomic mass is 16.5. The highest BCUT2D eigenvalue weighted by Gasteiger charge is 2.20. The monoisotopic (exact) mass is 264 g/mol. The van der Waals surface area contributed by atoms with Crippen LogP contribution in [0.3, 0.4) is 0 Å². The molecule has 1 fully saturated rings. The lowest BCUT2D eigenvalue weighted by Crippen LogP contribution is -2.39. The number of amides is 1. The zero-order chi connectivity index (χ0) is 13.7. The molecular formula is C14H20N2O3. The Morgan fingerprint density at radius 1 is 1.37 bits per heavy atom. The molecule has 1 aromatic rings. The van der Waals surface area contributed by atoms with Crippen molar-refractivity contribution in [2.24, 2.45) is 4.99 Å². The van der Waals surface area contributed by atoms with Crippen LogP contribution in [0, 0.1) is 0 Å². The van der Waals surface area contributed by atoms with Crippen LogP contribution in [0.15, 0.2) is 27.8 Å². The zero-order valence-corrected chi connectivity index (χ0v) is 11.5. The molecule has 5 nitrogen and oxygen atoms in total. The van der Waals surface area contributed by atoms with Gasteiger partial charge in [-0.15, -0.1) is 0 Å². The van der Waals surface area contributed by atoms with E-state index in [-0.39, 0.29) is 11.9 Å². The first kappa shape index (κ1) is 13.6. The summed E-state index contributed by atoms with van der Waals surface area (Å²) in [4.78, 5) is 18.1. The molecule has 2 rings (SSSR count). The molecule has 2 heterocycles. The minimum Gasteiger partial charge on any atom is -0.462 e. The number of carbonyl (C=O) groups is 1. The molecule has 19 heavy (non-hydrogen) atoms. The standard InChI is InChI=1S/C14H20N2O3/c1-11(2)19-14(16-8-4-3-5-9-16)15-13(17)12-7-6-10-18-12/h6-7,10-11H,3-5,8-9H2,1-2H3. The number of carbonyl (C=O) groups excluding carboxylic acids is 1. The van der Waals surface area contributed by atoms with Gasteiger partial charge in [-0.1, -0.05) is 0 Å². The van der Waals surface area contributed by atoms with E-state index in [0.717, 1.165) is 25.9 Å². The Kier molecular flexibility index (Phi) is 4.60. The van der Waals surface area contributed by atoms with Gasteiger partial charge in [0.15, 0.2) is 5.76 Å². The van der Waals surface area contributed by atoms with Crippen molar-refractivity contribution in [2.75, 3.05) is 13.1 Å². The average Bonchev–Trinajstić information content (AvgIpc) is 2.92. The number of furan rings is 1. The minimum absolute atomic E-state index is 0.00919. The quantitative estimate of drug-likeness (QED) is 0.608. The third-order valence-electron chi connectivity index (χ3n) is 2.90. The van der Waals surface area contributed by atoms with Crippen LogP contribution in [0.4, 0.5) is 0 Å². The van der Waals surface area contributed by atoms with Crippen molar-refractivity contribution in [3.63, 3.8) is 0 Å². The van der Waals surface area contributed by atoms with Gasteiger partial charge in [0.2, 0.25) is 0 Å². The Labute approximate surface area is 113 Å². The molecule has 104 valence electrons. The van der Waals surface area contributed by atoms with E-state index in [4.69, 9.17) is 9.15 Å². The normalized spacial score (nSPS) is 16.8. The van der Waals surface area contributed by atoms with Gasteiger partial charge in [0.05, 0.1) is 12.4 Å². The molecule has 1 aliphatic rings. The lowest BCUT2D eigenvalue weighted by atomic mass is 10.1. The maximum absolute atomic E-state index is 12.0. The number of aliphatic imine (C=N–C) groups is 1. The number of amidine groups is 1. The molecule has 5 heteroatoms. The van der Waals surface area contributed by atoms with Crippen LogP contribution < -0.4 is 0 Å². The van der Waals surface area contributed by atoms with Crippen LogP contribution in [0.25, 0.3) is 0 Å². The number of ether oxygens (including phenoxy) is 1. The summed E-state index contributed by atoms with van der Waals surface area (Å²) in [6, 6.07) is 3.69. The van der Waals surface area contributed by atoms with Gasteiger partial charge in [0.25, 0.3) is 6.02 Å². The fourth-order valence-corrected chi connectivity index (χ4v) is 2.01. The second kappa shape index (κ2) is 6.41. The second-order valence-corrected chi connectivity index (χ2v) is 4.89. The van der Waals surface area contributed by atoms with Crippen LogP contribution in [0.5, 0.6) is 0 Å². The molecule has 1 amide bonds. The molecule has 0 radical (unpaired) electrons. The molecule has 0 saturated carbocycles. The number of hydrogen-bond donors (Lipinski definition) is 0. The lowest BCUT2D eigenvalue weighted by molar-refractivity contribution is 0.0960. The van der Waals surface area contributed by atoms with Crippen LogP contribution >= 0.6 is 0 Å². The molecule has 1 saturated heterocycles. The predicted molar refractivity (Wildman–Crippen MR) is 72.1 cm³/mol. The summed E-state index contributed by atoms with van der Waals surface area (Å²) in [5.74, 6) is -0.159. The van der Waals surface area contributed by atoms with Gasteiger partial charge in [0.1, 0.15) is 0 Å². The summed E-state index contributed by atoms with van der Waals surface area (Å²) in [6.07, 6.45) is 4.89. The van der Waals surface area contributed by atoms with Crippen molar-refractivity contribution in [3.8, 4) is 0 Å². The molecular weight excluding hydrogens is 244 g/mol. The second-order valence-electron chi connectivity index (χ2n) is 4.89. The molecule has 0 unspecified atom stereocenters. The Hall–Kier alpha value is -1.78. The van der Waals surface area contributed by atoms with E-state index in [9.17, 15) is 4.79 Å². The van der Waals surface area contributed by atoms with E-state index in [1.54, 1.807) is 12.1 Å². The fourth-order valence-electron chi connectivity index (χ4n) is 2.01. The number of nitrogens with zero attached hydrogens (tertiary/aromatic N) is 2. The Morgan fingerprint density at radius 3 is 2.68 bits per heavy atom. The highest BCUT2D eigenvalue weighted by Crippen LogP contribution is 2.12. The SMILES string of the molecule is CC(C)OC(=NC(=O)c1ccco1)N1CCCCC1. The Balaban J connectivity index is 2.13. The summed E-state index contributed by atoms with van der Waals surface area (Å²) < 4.78 is 10.7. The van der Waals surface area contributed by atoms with Gasteiger partial charge in [-0.3, -0.25) is 4.79 Å². The maximum atomic E-state index is 12.0. The largest absolute Gasteiger partial charge is 0.462 e. The van der Waals surface area contributed by atoms with Gasteiger partial charge < -0.3 is 14.1 Å². The van der Waals surface area contributed by atoms with E-state index >= 15 is 0 Å². The van der Waals surface area contributed by atoms with Crippen molar-refractivity contribution in [1.29, 1.82) is 0 Å². The van der Waals surface area contributed by atoms with Gasteiger partial charge in [-0.05, 0) is 45.2 Å². The number of likely N-dealkylation sites (tertiary alicyclic amines) is 1. The summed E-state index contributed by atoms with van der Waals surface area (Å²) in [7, 11) is 0. The third kappa shape index (κ3) is 3.84. The Morgan fingerprint density at radius 2 is 2.11 bits per heavy atom. The average molecular weight is 264 g/mol. The van der Waals surface area contributed by atoms with Gasteiger partial charge >= 0.3 is 5.91 Å². The third-order valence-corrected chi connectivity index (χ3v) is 2.90.